The Bertz CT molecular complexity index is 923. The van der Waals surface area contributed by atoms with Gasteiger partial charge in [0.1, 0.15) is 0 Å². The second-order valence-corrected chi connectivity index (χ2v) is 6.57. The molecule has 2 atom stereocenters. The van der Waals surface area contributed by atoms with Gasteiger partial charge in [-0.15, -0.1) is 0 Å². The predicted molar refractivity (Wildman–Crippen MR) is 99.3 cm³/mol. The van der Waals surface area contributed by atoms with E-state index in [1.165, 1.54) is 0 Å². The topological polar surface area (TPSA) is 96.8 Å². The Hall–Kier alpha value is -3.00. The van der Waals surface area contributed by atoms with Gasteiger partial charge in [-0.3, -0.25) is 4.98 Å². The van der Waals surface area contributed by atoms with Crippen LogP contribution in [0.1, 0.15) is 19.8 Å². The van der Waals surface area contributed by atoms with E-state index in [2.05, 4.69) is 37.9 Å². The molecule has 1 saturated heterocycles. The van der Waals surface area contributed by atoms with Gasteiger partial charge >= 0.3 is 6.03 Å². The molecule has 0 aliphatic carbocycles. The van der Waals surface area contributed by atoms with Crippen molar-refractivity contribution in [3.05, 3.63) is 42.9 Å². The van der Waals surface area contributed by atoms with Crippen molar-refractivity contribution in [2.24, 2.45) is 0 Å². The number of amides is 2. The number of benzene rings is 1. The summed E-state index contributed by atoms with van der Waals surface area (Å²) in [6, 6.07) is 8.05. The van der Waals surface area contributed by atoms with E-state index in [1.54, 1.807) is 23.3 Å². The Labute approximate surface area is 151 Å². The number of hydrogen-bond acceptors (Lipinski definition) is 5. The molecule has 26 heavy (non-hydrogen) atoms. The van der Waals surface area contributed by atoms with Crippen molar-refractivity contribution >= 4 is 22.8 Å². The number of rotatable bonds is 3. The van der Waals surface area contributed by atoms with Gasteiger partial charge in [-0.05, 0) is 38.4 Å². The third-order valence-electron chi connectivity index (χ3n) is 4.47. The van der Waals surface area contributed by atoms with Crippen molar-refractivity contribution in [1.29, 1.82) is 0 Å². The van der Waals surface area contributed by atoms with Crippen LogP contribution >= 0.6 is 0 Å². The molecule has 3 aromatic rings. The maximum absolute atomic E-state index is 12.2. The fourth-order valence-electron chi connectivity index (χ4n) is 3.19. The lowest BCUT2D eigenvalue weighted by atomic mass is 10.0. The van der Waals surface area contributed by atoms with Gasteiger partial charge in [0.2, 0.25) is 0 Å². The normalized spacial score (nSPS) is 20.0. The molecule has 0 radical (unpaired) electrons. The number of para-hydroxylation sites is 2. The van der Waals surface area contributed by atoms with Crippen LogP contribution in [0.5, 0.6) is 0 Å². The SMILES string of the molecule is CC1CC(NC(=O)Nc2cnn(-c3cnc4ccccc4n3)c2)CCN1. The Morgan fingerprint density at radius 3 is 2.96 bits per heavy atom. The van der Waals surface area contributed by atoms with E-state index in [0.29, 0.717) is 17.5 Å². The molecule has 2 aromatic heterocycles. The molecule has 1 aliphatic heterocycles. The first-order valence-electron chi connectivity index (χ1n) is 8.75. The van der Waals surface area contributed by atoms with Crippen LogP contribution < -0.4 is 16.0 Å². The van der Waals surface area contributed by atoms with Crippen molar-refractivity contribution in [3.8, 4) is 5.82 Å². The highest BCUT2D eigenvalue weighted by Crippen LogP contribution is 2.14. The first-order chi connectivity index (χ1) is 12.7. The van der Waals surface area contributed by atoms with Crippen LogP contribution in [0.4, 0.5) is 10.5 Å². The number of anilines is 1. The summed E-state index contributed by atoms with van der Waals surface area (Å²) in [5.74, 6) is 0.601. The Morgan fingerprint density at radius 1 is 1.27 bits per heavy atom. The average molecular weight is 351 g/mol. The van der Waals surface area contributed by atoms with Crippen LogP contribution in [-0.4, -0.2) is 44.4 Å². The molecule has 1 aromatic carbocycles. The van der Waals surface area contributed by atoms with Crippen molar-refractivity contribution in [2.45, 2.75) is 31.8 Å². The average Bonchev–Trinajstić information content (AvgIpc) is 3.09. The summed E-state index contributed by atoms with van der Waals surface area (Å²) >= 11 is 0. The molecule has 1 fully saturated rings. The molecule has 0 spiro atoms. The van der Waals surface area contributed by atoms with Gasteiger partial charge in [-0.1, -0.05) is 12.1 Å². The standard InChI is InChI=1S/C18H21N7O/c1-12-8-13(6-7-19-12)22-18(26)23-14-9-21-25(11-14)17-10-20-15-4-2-3-5-16(15)24-17/h2-5,9-13,19H,6-8H2,1H3,(H2,22,23,26). The zero-order valence-corrected chi connectivity index (χ0v) is 14.5. The number of fused-ring (bicyclic) bond motifs is 1. The summed E-state index contributed by atoms with van der Waals surface area (Å²) in [6.45, 7) is 3.05. The monoisotopic (exact) mass is 351 g/mol. The lowest BCUT2D eigenvalue weighted by molar-refractivity contribution is 0.242. The number of urea groups is 1. The number of carbonyl (C=O) groups excluding carboxylic acids is 1. The van der Waals surface area contributed by atoms with Crippen LogP contribution in [0.25, 0.3) is 16.9 Å². The maximum atomic E-state index is 12.2. The van der Waals surface area contributed by atoms with Crippen molar-refractivity contribution in [1.82, 2.24) is 30.4 Å². The van der Waals surface area contributed by atoms with Crippen molar-refractivity contribution < 1.29 is 4.79 Å². The van der Waals surface area contributed by atoms with Gasteiger partial charge in [0.25, 0.3) is 0 Å². The van der Waals surface area contributed by atoms with E-state index >= 15 is 0 Å². The summed E-state index contributed by atoms with van der Waals surface area (Å²) in [5, 5.41) is 13.5. The molecule has 2 unspecified atom stereocenters. The van der Waals surface area contributed by atoms with Gasteiger partial charge < -0.3 is 16.0 Å². The third-order valence-corrected chi connectivity index (χ3v) is 4.47. The van der Waals surface area contributed by atoms with Gasteiger partial charge in [-0.2, -0.15) is 5.10 Å². The first-order valence-corrected chi connectivity index (χ1v) is 8.75. The molecular formula is C18H21N7O. The fourth-order valence-corrected chi connectivity index (χ4v) is 3.19. The quantitative estimate of drug-likeness (QED) is 0.671. The van der Waals surface area contributed by atoms with Crippen LogP contribution in [0.15, 0.2) is 42.9 Å². The number of nitrogens with zero attached hydrogens (tertiary/aromatic N) is 4. The van der Waals surface area contributed by atoms with E-state index in [1.807, 2.05) is 24.3 Å². The van der Waals surface area contributed by atoms with E-state index in [-0.39, 0.29) is 12.1 Å². The largest absolute Gasteiger partial charge is 0.335 e. The molecule has 2 amide bonds. The van der Waals surface area contributed by atoms with Gasteiger partial charge in [0.05, 0.1) is 35.3 Å². The van der Waals surface area contributed by atoms with Crippen LogP contribution in [0.2, 0.25) is 0 Å². The van der Waals surface area contributed by atoms with Crippen LogP contribution in [0.3, 0.4) is 0 Å². The lowest BCUT2D eigenvalue weighted by Gasteiger charge is -2.28. The molecule has 4 rings (SSSR count). The highest BCUT2D eigenvalue weighted by atomic mass is 16.2. The number of hydrogen-bond donors (Lipinski definition) is 3. The summed E-state index contributed by atoms with van der Waals surface area (Å²) < 4.78 is 1.60. The molecule has 3 N–H and O–H groups in total. The molecule has 0 bridgehead atoms. The van der Waals surface area contributed by atoms with E-state index in [0.717, 1.165) is 30.4 Å². The highest BCUT2D eigenvalue weighted by molar-refractivity contribution is 5.89. The van der Waals surface area contributed by atoms with Crippen LogP contribution in [0, 0.1) is 0 Å². The minimum Gasteiger partial charge on any atom is -0.335 e. The fraction of sp³-hybridized carbons (Fsp3) is 0.333. The molecule has 1 aliphatic rings. The Balaban J connectivity index is 1.42. The number of piperidine rings is 1. The zero-order chi connectivity index (χ0) is 17.9. The summed E-state index contributed by atoms with van der Waals surface area (Å²) in [5.41, 5.74) is 2.24. The first kappa shape index (κ1) is 16.5. The minimum absolute atomic E-state index is 0.188. The van der Waals surface area contributed by atoms with Crippen molar-refractivity contribution in [3.63, 3.8) is 0 Å². The number of carbonyl (C=O) groups is 1. The Kier molecular flexibility index (Phi) is 4.49. The highest BCUT2D eigenvalue weighted by Gasteiger charge is 2.20. The molecule has 134 valence electrons. The zero-order valence-electron chi connectivity index (χ0n) is 14.5. The molecule has 3 heterocycles. The van der Waals surface area contributed by atoms with Gasteiger partial charge in [0.15, 0.2) is 5.82 Å². The Morgan fingerprint density at radius 2 is 2.12 bits per heavy atom. The van der Waals surface area contributed by atoms with E-state index in [4.69, 9.17) is 0 Å². The summed E-state index contributed by atoms with van der Waals surface area (Å²) in [4.78, 5) is 21.1. The maximum Gasteiger partial charge on any atom is 0.319 e. The number of aromatic nitrogens is 4. The van der Waals surface area contributed by atoms with Gasteiger partial charge in [-0.25, -0.2) is 14.5 Å². The van der Waals surface area contributed by atoms with Gasteiger partial charge in [0, 0.05) is 12.1 Å². The predicted octanol–water partition coefficient (Wildman–Crippen LogP) is 2.08. The smallest absolute Gasteiger partial charge is 0.319 e. The van der Waals surface area contributed by atoms with Crippen LogP contribution in [-0.2, 0) is 0 Å². The van der Waals surface area contributed by atoms with E-state index < -0.39 is 0 Å². The minimum atomic E-state index is -0.215. The summed E-state index contributed by atoms with van der Waals surface area (Å²) in [7, 11) is 0. The second kappa shape index (κ2) is 7.09. The van der Waals surface area contributed by atoms with Crippen molar-refractivity contribution in [2.75, 3.05) is 11.9 Å². The number of nitrogens with one attached hydrogen (secondary N) is 3. The molecule has 8 nitrogen and oxygen atoms in total. The molecule has 8 heteroatoms. The second-order valence-electron chi connectivity index (χ2n) is 6.57. The third kappa shape index (κ3) is 3.65. The molecule has 0 saturated carbocycles. The summed E-state index contributed by atoms with van der Waals surface area (Å²) in [6.07, 6.45) is 6.85. The van der Waals surface area contributed by atoms with E-state index in [9.17, 15) is 4.79 Å². The lowest BCUT2D eigenvalue weighted by Crippen LogP contribution is -2.47. The molecular weight excluding hydrogens is 330 g/mol.